The topological polar surface area (TPSA) is 87.7 Å². The molecule has 8 heteroatoms. The summed E-state index contributed by atoms with van der Waals surface area (Å²) in [5.41, 5.74) is 3.23. The predicted octanol–water partition coefficient (Wildman–Crippen LogP) is 3.64. The number of methoxy groups -OCH3 is 1. The van der Waals surface area contributed by atoms with Gasteiger partial charge in [-0.2, -0.15) is 0 Å². The highest BCUT2D eigenvalue weighted by Crippen LogP contribution is 2.33. The number of piperidine rings is 1. The molecule has 0 bridgehead atoms. The Morgan fingerprint density at radius 3 is 2.58 bits per heavy atom. The van der Waals surface area contributed by atoms with Gasteiger partial charge in [0.1, 0.15) is 11.4 Å². The number of nitrogens with zero attached hydrogens (tertiary/aromatic N) is 4. The minimum atomic E-state index is -0.230. The summed E-state index contributed by atoms with van der Waals surface area (Å²) in [7, 11) is 3.39. The zero-order valence-corrected chi connectivity index (χ0v) is 20.7. The summed E-state index contributed by atoms with van der Waals surface area (Å²) in [5.74, 6) is 1.07. The van der Waals surface area contributed by atoms with Gasteiger partial charge in [-0.15, -0.1) is 0 Å². The van der Waals surface area contributed by atoms with E-state index in [9.17, 15) is 9.59 Å². The minimum Gasteiger partial charge on any atom is -0.480 e. The van der Waals surface area contributed by atoms with E-state index < -0.39 is 0 Å². The molecular formula is C28H31N5O3. The standard InChI is InChI=1S/C28H31N5O3/c1-32(21-12-16-33(17-13-21)25-7-3-4-14-29-25)28(35)20-9-8-19-10-11-24(23(19)18-20)31-26(34)22-6-5-15-30-27(22)36-2/h3-9,14-15,18,21,24H,10-13,16-17H2,1-2H3,(H,31,34)/t24-/m1/s1. The Morgan fingerprint density at radius 2 is 1.83 bits per heavy atom. The van der Waals surface area contributed by atoms with Crippen molar-refractivity contribution in [2.75, 3.05) is 32.1 Å². The second kappa shape index (κ2) is 10.4. The zero-order chi connectivity index (χ0) is 25.1. The fourth-order valence-corrected chi connectivity index (χ4v) is 5.24. The molecule has 36 heavy (non-hydrogen) atoms. The summed E-state index contributed by atoms with van der Waals surface area (Å²) in [6.07, 6.45) is 6.86. The molecule has 5 rings (SSSR count). The molecule has 8 nitrogen and oxygen atoms in total. The number of aryl methyl sites for hydroxylation is 1. The minimum absolute atomic E-state index is 0.0139. The van der Waals surface area contributed by atoms with E-state index in [1.807, 2.05) is 54.5 Å². The maximum atomic E-state index is 13.4. The van der Waals surface area contributed by atoms with Crippen LogP contribution in [-0.4, -0.2) is 60.0 Å². The van der Waals surface area contributed by atoms with Crippen LogP contribution in [0.15, 0.2) is 60.9 Å². The molecule has 0 saturated carbocycles. The van der Waals surface area contributed by atoms with Gasteiger partial charge < -0.3 is 19.9 Å². The maximum Gasteiger partial charge on any atom is 0.257 e. The van der Waals surface area contributed by atoms with E-state index in [1.165, 1.54) is 12.7 Å². The van der Waals surface area contributed by atoms with Crippen molar-refractivity contribution in [1.82, 2.24) is 20.2 Å². The molecule has 1 aliphatic heterocycles. The summed E-state index contributed by atoms with van der Waals surface area (Å²) in [5, 5.41) is 3.11. The molecule has 1 N–H and O–H groups in total. The molecule has 0 radical (unpaired) electrons. The second-order valence-electron chi connectivity index (χ2n) is 9.36. The molecule has 0 unspecified atom stereocenters. The van der Waals surface area contributed by atoms with Gasteiger partial charge in [-0.3, -0.25) is 9.59 Å². The summed E-state index contributed by atoms with van der Waals surface area (Å²) in [4.78, 5) is 39.1. The average molecular weight is 486 g/mol. The Labute approximate surface area is 211 Å². The second-order valence-corrected chi connectivity index (χ2v) is 9.36. The van der Waals surface area contributed by atoms with Crippen LogP contribution in [0.5, 0.6) is 5.88 Å². The van der Waals surface area contributed by atoms with Gasteiger partial charge >= 0.3 is 0 Å². The number of nitrogens with one attached hydrogen (secondary N) is 1. The first-order valence-corrected chi connectivity index (χ1v) is 12.4. The SMILES string of the molecule is COc1ncccc1C(=O)N[C@@H]1CCc2ccc(C(=O)N(C)C3CCN(c4ccccn4)CC3)cc21. The molecule has 186 valence electrons. The third-order valence-corrected chi connectivity index (χ3v) is 7.29. The van der Waals surface area contributed by atoms with Gasteiger partial charge in [0, 0.05) is 44.1 Å². The van der Waals surface area contributed by atoms with Crippen LogP contribution in [0.25, 0.3) is 0 Å². The van der Waals surface area contributed by atoms with E-state index in [2.05, 4.69) is 20.2 Å². The van der Waals surface area contributed by atoms with Gasteiger partial charge in [0.25, 0.3) is 11.8 Å². The maximum absolute atomic E-state index is 13.4. The van der Waals surface area contributed by atoms with Crippen molar-refractivity contribution >= 4 is 17.6 Å². The third-order valence-electron chi connectivity index (χ3n) is 7.29. The largest absolute Gasteiger partial charge is 0.480 e. The lowest BCUT2D eigenvalue weighted by molar-refractivity contribution is 0.0709. The molecule has 3 aromatic rings. The van der Waals surface area contributed by atoms with Gasteiger partial charge in [0.15, 0.2) is 0 Å². The first-order chi connectivity index (χ1) is 17.5. The van der Waals surface area contributed by atoms with Gasteiger partial charge in [-0.05, 0) is 73.2 Å². The Bertz CT molecular complexity index is 1240. The number of anilines is 1. The number of amides is 2. The summed E-state index contributed by atoms with van der Waals surface area (Å²) >= 11 is 0. The van der Waals surface area contributed by atoms with E-state index in [0.29, 0.717) is 17.0 Å². The van der Waals surface area contributed by atoms with Crippen molar-refractivity contribution in [1.29, 1.82) is 0 Å². The molecule has 2 aliphatic rings. The fourth-order valence-electron chi connectivity index (χ4n) is 5.24. The molecule has 2 amide bonds. The highest BCUT2D eigenvalue weighted by molar-refractivity contribution is 5.97. The Kier molecular flexibility index (Phi) is 6.84. The van der Waals surface area contributed by atoms with Gasteiger partial charge in [-0.1, -0.05) is 12.1 Å². The molecule has 1 fully saturated rings. The van der Waals surface area contributed by atoms with Crippen LogP contribution >= 0.6 is 0 Å². The number of ether oxygens (including phenoxy) is 1. The van der Waals surface area contributed by atoms with E-state index in [1.54, 1.807) is 18.3 Å². The molecule has 1 saturated heterocycles. The number of aromatic nitrogens is 2. The molecule has 3 heterocycles. The summed E-state index contributed by atoms with van der Waals surface area (Å²) in [6.45, 7) is 1.74. The number of benzene rings is 1. The Balaban J connectivity index is 1.25. The van der Waals surface area contributed by atoms with Crippen LogP contribution in [0.2, 0.25) is 0 Å². The monoisotopic (exact) mass is 485 g/mol. The lowest BCUT2D eigenvalue weighted by Gasteiger charge is -2.37. The van der Waals surface area contributed by atoms with Crippen LogP contribution in [0.4, 0.5) is 5.82 Å². The van der Waals surface area contributed by atoms with Crippen LogP contribution in [0.1, 0.15) is 57.1 Å². The van der Waals surface area contributed by atoms with Crippen LogP contribution in [0.3, 0.4) is 0 Å². The lowest BCUT2D eigenvalue weighted by Crippen LogP contribution is -2.45. The molecule has 1 atom stereocenters. The quantitative estimate of drug-likeness (QED) is 0.574. The van der Waals surface area contributed by atoms with Crippen LogP contribution < -0.4 is 15.0 Å². The molecule has 2 aromatic heterocycles. The predicted molar refractivity (Wildman–Crippen MR) is 137 cm³/mol. The van der Waals surface area contributed by atoms with Crippen molar-refractivity contribution in [3.8, 4) is 5.88 Å². The number of carbonyl (C=O) groups excluding carboxylic acids is 2. The summed E-state index contributed by atoms with van der Waals surface area (Å²) < 4.78 is 5.24. The smallest absolute Gasteiger partial charge is 0.257 e. The molecular weight excluding hydrogens is 454 g/mol. The third kappa shape index (κ3) is 4.76. The van der Waals surface area contributed by atoms with Crippen molar-refractivity contribution in [2.45, 2.75) is 37.8 Å². The highest BCUT2D eigenvalue weighted by atomic mass is 16.5. The van der Waals surface area contributed by atoms with Gasteiger partial charge in [0.2, 0.25) is 5.88 Å². The Hall–Kier alpha value is -3.94. The molecule has 1 aromatic carbocycles. The number of fused-ring (bicyclic) bond motifs is 1. The highest BCUT2D eigenvalue weighted by Gasteiger charge is 2.29. The first kappa shape index (κ1) is 23.8. The zero-order valence-electron chi connectivity index (χ0n) is 20.7. The van der Waals surface area contributed by atoms with E-state index in [0.717, 1.165) is 50.2 Å². The number of hydrogen-bond donors (Lipinski definition) is 1. The van der Waals surface area contributed by atoms with Crippen molar-refractivity contribution in [3.05, 3.63) is 83.2 Å². The summed E-state index contributed by atoms with van der Waals surface area (Å²) in [6, 6.07) is 15.3. The average Bonchev–Trinajstić information content (AvgIpc) is 3.34. The molecule has 0 spiro atoms. The van der Waals surface area contributed by atoms with E-state index in [4.69, 9.17) is 4.74 Å². The van der Waals surface area contributed by atoms with Crippen molar-refractivity contribution in [3.63, 3.8) is 0 Å². The van der Waals surface area contributed by atoms with Gasteiger partial charge in [0.05, 0.1) is 13.2 Å². The van der Waals surface area contributed by atoms with Crippen LogP contribution in [-0.2, 0) is 6.42 Å². The number of pyridine rings is 2. The number of carbonyl (C=O) groups is 2. The van der Waals surface area contributed by atoms with Crippen molar-refractivity contribution < 1.29 is 14.3 Å². The number of rotatable bonds is 6. The Morgan fingerprint density at radius 1 is 1.03 bits per heavy atom. The first-order valence-electron chi connectivity index (χ1n) is 12.4. The van der Waals surface area contributed by atoms with Gasteiger partial charge in [-0.25, -0.2) is 9.97 Å². The van der Waals surface area contributed by atoms with Crippen molar-refractivity contribution in [2.24, 2.45) is 0 Å². The molecule has 1 aliphatic carbocycles. The van der Waals surface area contributed by atoms with E-state index >= 15 is 0 Å². The normalized spacial score (nSPS) is 17.4. The van der Waals surface area contributed by atoms with Crippen LogP contribution in [0, 0.1) is 0 Å². The fraction of sp³-hybridized carbons (Fsp3) is 0.357. The lowest BCUT2D eigenvalue weighted by atomic mass is 10.00. The number of hydrogen-bond acceptors (Lipinski definition) is 6. The van der Waals surface area contributed by atoms with E-state index in [-0.39, 0.29) is 23.9 Å².